The van der Waals surface area contributed by atoms with E-state index in [0.29, 0.717) is 12.1 Å². The van der Waals surface area contributed by atoms with Crippen LogP contribution in [0.15, 0.2) is 29.2 Å². The predicted molar refractivity (Wildman–Crippen MR) is 182 cm³/mol. The van der Waals surface area contributed by atoms with E-state index in [1.807, 2.05) is 0 Å². The number of ether oxygens (including phenoxy) is 4. The smallest absolute Gasteiger partial charge is 0.416 e. The Hall–Kier alpha value is -2.75. The maximum atomic E-state index is 14.6. The Bertz CT molecular complexity index is 2070. The summed E-state index contributed by atoms with van der Waals surface area (Å²) in [4.78, 5) is 40.4. The second-order valence-electron chi connectivity index (χ2n) is 18.4. The van der Waals surface area contributed by atoms with Gasteiger partial charge in [0.1, 0.15) is 30.2 Å². The van der Waals surface area contributed by atoms with Crippen molar-refractivity contribution in [2.45, 2.75) is 125 Å². The lowest BCUT2D eigenvalue weighted by atomic mass is 9.39. The molecule has 1 spiro atoms. The highest BCUT2D eigenvalue weighted by Crippen LogP contribution is 2.80. The number of carbonyl (C=O) groups is 3. The number of rotatable bonds is 5. The number of aliphatic hydroxyl groups is 5. The molecule has 15 nitrogen and oxygen atoms in total. The van der Waals surface area contributed by atoms with Crippen LogP contribution in [0.25, 0.3) is 0 Å². The fourth-order valence-corrected chi connectivity index (χ4v) is 15.2. The first-order valence-corrected chi connectivity index (χ1v) is 20.6. The van der Waals surface area contributed by atoms with Crippen LogP contribution in [0.4, 0.5) is 13.2 Å². The van der Waals surface area contributed by atoms with Crippen molar-refractivity contribution in [1.82, 2.24) is 4.72 Å². The van der Waals surface area contributed by atoms with Crippen molar-refractivity contribution in [2.75, 3.05) is 0 Å². The Balaban J connectivity index is 1.24. The van der Waals surface area contributed by atoms with Gasteiger partial charge in [-0.1, -0.05) is 13.8 Å². The Labute approximate surface area is 325 Å². The fraction of sp³-hybridized carbons (Fsp3) is 0.763. The number of Topliss-reactive ketones (excluding diaryl/α,β-unsaturated/α-hetero) is 1. The van der Waals surface area contributed by atoms with Gasteiger partial charge in [-0.2, -0.15) is 13.2 Å². The minimum Gasteiger partial charge on any atom is -0.459 e. The number of carbonyl (C=O) groups excluding carboxylic acids is 3. The number of benzene rings is 1. The summed E-state index contributed by atoms with van der Waals surface area (Å²) in [5.41, 5.74) is -8.87. The highest BCUT2D eigenvalue weighted by molar-refractivity contribution is 7.89. The van der Waals surface area contributed by atoms with Crippen molar-refractivity contribution in [3.8, 4) is 0 Å². The number of epoxide rings is 2. The van der Waals surface area contributed by atoms with Gasteiger partial charge in [0.25, 0.3) is 0 Å². The predicted octanol–water partition coefficient (Wildman–Crippen LogP) is 0.277. The van der Waals surface area contributed by atoms with Gasteiger partial charge >= 0.3 is 18.1 Å². The lowest BCUT2D eigenvalue weighted by Crippen LogP contribution is -2.77. The molecule has 1 aromatic rings. The van der Waals surface area contributed by atoms with Gasteiger partial charge in [0, 0.05) is 30.1 Å². The maximum absolute atomic E-state index is 14.6. The van der Waals surface area contributed by atoms with E-state index in [0.717, 1.165) is 19.1 Å². The van der Waals surface area contributed by atoms with Crippen LogP contribution in [0.5, 0.6) is 0 Å². The molecule has 1 aromatic carbocycles. The third-order valence-electron chi connectivity index (χ3n) is 16.4. The number of halogens is 3. The molecule has 1 unspecified atom stereocenters. The van der Waals surface area contributed by atoms with E-state index >= 15 is 0 Å². The number of ketones is 1. The van der Waals surface area contributed by atoms with Crippen molar-refractivity contribution in [3.05, 3.63) is 29.8 Å². The second kappa shape index (κ2) is 11.5. The summed E-state index contributed by atoms with van der Waals surface area (Å²) in [5.74, 6) is -12.7. The van der Waals surface area contributed by atoms with Crippen LogP contribution in [-0.2, 0) is 49.5 Å². The molecular formula is C38H46F3NO14S. The summed E-state index contributed by atoms with van der Waals surface area (Å²) in [6, 6.07) is 1.17. The molecule has 0 radical (unpaired) electrons. The fourth-order valence-electron chi connectivity index (χ4n) is 13.9. The molecular weight excluding hydrogens is 783 g/mol. The SMILES string of the molecule is CC(=O)O[C@H]1[C@H]2[C@@H]([C@@H](O)[C@H](NS(=O)(=O)c3ccc(C(F)(F)F)cc3)C3C[C@@H]4O[C@@H]4[C@H](O)[C@@]32C)[C@@H]2[C@@H](O)[C@@H]3[C@H]([C@H](C)[C@H]4O[C@]45OC(=O)[C@@](C)(O)[C@]35C)[C@@]2(C(C)=O)[C@H]1O. The van der Waals surface area contributed by atoms with Crippen molar-refractivity contribution in [2.24, 2.45) is 57.7 Å². The number of hydrogen-bond donors (Lipinski definition) is 6. The second-order valence-corrected chi connectivity index (χ2v) is 20.1. The van der Waals surface area contributed by atoms with Gasteiger partial charge in [0.2, 0.25) is 15.8 Å². The molecule has 8 fully saturated rings. The summed E-state index contributed by atoms with van der Waals surface area (Å²) in [6.45, 7) is 8.23. The van der Waals surface area contributed by atoms with Crippen LogP contribution in [-0.4, -0.2) is 118 Å². The highest BCUT2D eigenvalue weighted by Gasteiger charge is 2.93. The molecule has 8 aliphatic rings. The number of sulfonamides is 1. The number of nitrogens with one attached hydrogen (secondary N) is 1. The molecule has 0 bridgehead atoms. The van der Waals surface area contributed by atoms with E-state index in [4.69, 9.17) is 18.9 Å². The molecule has 9 rings (SSSR count). The van der Waals surface area contributed by atoms with Crippen molar-refractivity contribution < 1.29 is 80.5 Å². The summed E-state index contributed by atoms with van der Waals surface area (Å²) >= 11 is 0. The zero-order valence-corrected chi connectivity index (χ0v) is 32.5. The number of hydrogen-bond acceptors (Lipinski definition) is 14. The Morgan fingerprint density at radius 1 is 0.947 bits per heavy atom. The van der Waals surface area contributed by atoms with Crippen molar-refractivity contribution in [1.29, 1.82) is 0 Å². The third kappa shape index (κ3) is 4.50. The van der Waals surface area contributed by atoms with E-state index < -0.39 is 168 Å². The molecule has 3 heterocycles. The van der Waals surface area contributed by atoms with Crippen molar-refractivity contribution >= 4 is 27.7 Å². The molecule has 3 saturated heterocycles. The molecule has 0 aromatic heterocycles. The number of aliphatic hydroxyl groups excluding tert-OH is 4. The van der Waals surface area contributed by atoms with Crippen LogP contribution in [0.3, 0.4) is 0 Å². The molecule has 21 atom stereocenters. The van der Waals surface area contributed by atoms with Crippen LogP contribution in [0, 0.1) is 57.7 Å². The maximum Gasteiger partial charge on any atom is 0.416 e. The molecule has 5 aliphatic carbocycles. The summed E-state index contributed by atoms with van der Waals surface area (Å²) in [5, 5.41) is 62.7. The Kier molecular flexibility index (Phi) is 8.04. The van der Waals surface area contributed by atoms with Crippen LogP contribution >= 0.6 is 0 Å². The average molecular weight is 830 g/mol. The van der Waals surface area contributed by atoms with Gasteiger partial charge in [0.15, 0.2) is 5.60 Å². The van der Waals surface area contributed by atoms with Gasteiger partial charge in [-0.3, -0.25) is 9.59 Å². The minimum atomic E-state index is -4.76. The lowest BCUT2D eigenvalue weighted by Gasteiger charge is -2.67. The molecule has 19 heteroatoms. The Morgan fingerprint density at radius 3 is 2.16 bits per heavy atom. The number of esters is 2. The topological polar surface area (TPSA) is 242 Å². The van der Waals surface area contributed by atoms with Crippen LogP contribution < -0.4 is 4.72 Å². The molecule has 57 heavy (non-hydrogen) atoms. The highest BCUT2D eigenvalue weighted by atomic mass is 32.2. The van der Waals surface area contributed by atoms with Gasteiger partial charge in [0.05, 0.1) is 51.7 Å². The monoisotopic (exact) mass is 829 g/mol. The van der Waals surface area contributed by atoms with Gasteiger partial charge in [-0.05, 0) is 75.1 Å². The lowest BCUT2D eigenvalue weighted by molar-refractivity contribution is -0.278. The molecule has 6 N–H and O–H groups in total. The van der Waals surface area contributed by atoms with E-state index in [-0.39, 0.29) is 6.42 Å². The van der Waals surface area contributed by atoms with E-state index in [9.17, 15) is 61.5 Å². The van der Waals surface area contributed by atoms with Crippen LogP contribution in [0.2, 0.25) is 0 Å². The summed E-state index contributed by atoms with van der Waals surface area (Å²) in [6.07, 6.45) is -15.6. The van der Waals surface area contributed by atoms with Crippen molar-refractivity contribution in [3.63, 3.8) is 0 Å². The quantitative estimate of drug-likeness (QED) is 0.173. The summed E-state index contributed by atoms with van der Waals surface area (Å²) in [7, 11) is -4.74. The van der Waals surface area contributed by atoms with Gasteiger partial charge < -0.3 is 44.5 Å². The zero-order valence-electron chi connectivity index (χ0n) is 31.7. The first-order valence-electron chi connectivity index (χ1n) is 19.2. The zero-order chi connectivity index (χ0) is 41.7. The first kappa shape index (κ1) is 39.7. The van der Waals surface area contributed by atoms with Crippen LogP contribution in [0.1, 0.15) is 53.5 Å². The standard InChI is InChI=1S/C38H46F3NO14S/c1-12-20-23(34(5)35(6,50)32(49)56-37(34)31(12)55-37)26(46)21-19-22(28(53-14(3)44)30(48)36(20,21)13(2)43)33(4)17(11-18-27(54-18)29(33)47)24(25(19)45)42-57(51,52)16-9-7-15(8-10-16)38(39,40)41/h7-10,12,17-31,42,45-48,50H,11H2,1-6H3/t12-,17?,18-,19-,20-,21+,22+,23-,24+,25+,26+,27-,28-,29-,30-,31+,33-,34-,35+,36+,37-/m0/s1. The molecule has 0 amide bonds. The largest absolute Gasteiger partial charge is 0.459 e. The van der Waals surface area contributed by atoms with E-state index in [1.165, 1.54) is 20.8 Å². The number of fused-ring (bicyclic) bond motifs is 9. The number of alkyl halides is 3. The third-order valence-corrected chi connectivity index (χ3v) is 17.9. The molecule has 3 aliphatic heterocycles. The summed E-state index contributed by atoms with van der Waals surface area (Å²) < 4.78 is 94.5. The first-order chi connectivity index (χ1) is 26.3. The minimum absolute atomic E-state index is 0.0525. The molecule has 314 valence electrons. The Morgan fingerprint density at radius 2 is 1.58 bits per heavy atom. The molecule has 5 saturated carbocycles. The normalized spacial score (nSPS) is 54.1. The van der Waals surface area contributed by atoms with E-state index in [2.05, 4.69) is 4.72 Å². The van der Waals surface area contributed by atoms with Gasteiger partial charge in [-0.15, -0.1) is 0 Å². The average Bonchev–Trinajstić information content (AvgIpc) is 4.02. The van der Waals surface area contributed by atoms with Gasteiger partial charge in [-0.25, -0.2) is 17.9 Å². The van der Waals surface area contributed by atoms with E-state index in [1.54, 1.807) is 13.8 Å².